The van der Waals surface area contributed by atoms with Gasteiger partial charge in [0.05, 0.1) is 43.0 Å². The molecule has 0 aromatic heterocycles. The van der Waals surface area contributed by atoms with Crippen LogP contribution in [0.5, 0.6) is 0 Å². The standard InChI is InChI=1S/C39H43NO6/c1-26-35(45-34(41)19-32-14-8-9-15-33(32)23-40)36(42-24-27-10-4-2-5-11-27)37(43-25-28-12-6-3-7-13-28)38(44-26)46-39-20-29-16-30(21-39)18-31(17-29)22-39/h2-15,26,29-31,35-38H,16-22,24-25H2,1H3/t26-,29?,30?,31?,35-,36+,37+,38+,39?/m1/s1. The first-order valence-electron chi connectivity index (χ1n) is 16.8. The van der Waals surface area contributed by atoms with E-state index < -0.39 is 36.7 Å². The third-order valence-electron chi connectivity index (χ3n) is 10.4. The van der Waals surface area contributed by atoms with Gasteiger partial charge in [0.1, 0.15) is 12.2 Å². The predicted octanol–water partition coefficient (Wildman–Crippen LogP) is 6.91. The first-order valence-corrected chi connectivity index (χ1v) is 16.8. The largest absolute Gasteiger partial charge is 0.456 e. The van der Waals surface area contributed by atoms with Crippen molar-refractivity contribution in [3.63, 3.8) is 0 Å². The molecule has 7 nitrogen and oxygen atoms in total. The number of hydrogen-bond acceptors (Lipinski definition) is 7. The van der Waals surface area contributed by atoms with E-state index in [0.717, 1.165) is 30.4 Å². The predicted molar refractivity (Wildman–Crippen MR) is 171 cm³/mol. The van der Waals surface area contributed by atoms with E-state index in [1.165, 1.54) is 19.3 Å². The molecule has 1 heterocycles. The molecule has 3 aromatic rings. The summed E-state index contributed by atoms with van der Waals surface area (Å²) in [4.78, 5) is 13.5. The number of hydrogen-bond donors (Lipinski definition) is 0. The molecule has 1 saturated heterocycles. The normalized spacial score (nSPS) is 33.0. The molecule has 5 fully saturated rings. The quantitative estimate of drug-likeness (QED) is 0.215. The highest BCUT2D eigenvalue weighted by molar-refractivity contribution is 5.73. The van der Waals surface area contributed by atoms with Crippen molar-refractivity contribution in [3.05, 3.63) is 107 Å². The van der Waals surface area contributed by atoms with Crippen LogP contribution in [0.3, 0.4) is 0 Å². The lowest BCUT2D eigenvalue weighted by Gasteiger charge is -2.58. The summed E-state index contributed by atoms with van der Waals surface area (Å²) in [7, 11) is 0. The van der Waals surface area contributed by atoms with Crippen LogP contribution >= 0.6 is 0 Å². The highest BCUT2D eigenvalue weighted by Gasteiger charge is 2.56. The topological polar surface area (TPSA) is 87.0 Å². The number of carbonyl (C=O) groups excluding carboxylic acids is 1. The summed E-state index contributed by atoms with van der Waals surface area (Å²) in [6.45, 7) is 2.58. The van der Waals surface area contributed by atoms with Gasteiger partial charge in [-0.25, -0.2) is 0 Å². The second-order valence-electron chi connectivity index (χ2n) is 13.9. The average Bonchev–Trinajstić information content (AvgIpc) is 3.05. The third kappa shape index (κ3) is 6.91. The van der Waals surface area contributed by atoms with Crippen molar-refractivity contribution < 1.29 is 28.5 Å². The molecule has 3 aromatic carbocycles. The summed E-state index contributed by atoms with van der Waals surface area (Å²) in [5.41, 5.74) is 2.90. The molecular formula is C39H43NO6. The first kappa shape index (κ1) is 31.1. The Kier molecular flexibility index (Phi) is 9.24. The molecule has 240 valence electrons. The molecule has 0 amide bonds. The number of nitriles is 1. The van der Waals surface area contributed by atoms with Crippen molar-refractivity contribution in [2.24, 2.45) is 17.8 Å². The van der Waals surface area contributed by atoms with Crippen LogP contribution in [0.15, 0.2) is 84.9 Å². The van der Waals surface area contributed by atoms with Crippen LogP contribution in [0.4, 0.5) is 0 Å². The monoisotopic (exact) mass is 621 g/mol. The number of esters is 1. The Balaban J connectivity index is 1.17. The Bertz CT molecular complexity index is 1480. The van der Waals surface area contributed by atoms with Crippen LogP contribution in [0.1, 0.15) is 67.7 Å². The highest BCUT2D eigenvalue weighted by Crippen LogP contribution is 2.57. The van der Waals surface area contributed by atoms with E-state index >= 15 is 0 Å². The zero-order valence-corrected chi connectivity index (χ0v) is 26.5. The fourth-order valence-electron chi connectivity index (χ4n) is 8.68. The van der Waals surface area contributed by atoms with Gasteiger partial charge in [-0.1, -0.05) is 78.9 Å². The molecule has 4 aliphatic carbocycles. The lowest BCUT2D eigenvalue weighted by Crippen LogP contribution is -2.63. The van der Waals surface area contributed by atoms with E-state index in [-0.39, 0.29) is 12.0 Å². The number of nitrogens with zero attached hydrogens (tertiary/aromatic N) is 1. The van der Waals surface area contributed by atoms with Gasteiger partial charge in [0.2, 0.25) is 0 Å². The average molecular weight is 622 g/mol. The Morgan fingerprint density at radius 2 is 1.33 bits per heavy atom. The van der Waals surface area contributed by atoms with Crippen LogP contribution < -0.4 is 0 Å². The molecule has 0 unspecified atom stereocenters. The van der Waals surface area contributed by atoms with Crippen LogP contribution in [0.25, 0.3) is 0 Å². The summed E-state index contributed by atoms with van der Waals surface area (Å²) < 4.78 is 33.4. The summed E-state index contributed by atoms with van der Waals surface area (Å²) >= 11 is 0. The van der Waals surface area contributed by atoms with E-state index in [1.54, 1.807) is 18.2 Å². The van der Waals surface area contributed by atoms with Gasteiger partial charge in [0, 0.05) is 0 Å². The molecular weight excluding hydrogens is 578 g/mol. The smallest absolute Gasteiger partial charge is 0.310 e. The molecule has 1 aliphatic heterocycles. The van der Waals surface area contributed by atoms with Gasteiger partial charge in [-0.15, -0.1) is 0 Å². The second kappa shape index (κ2) is 13.7. The minimum absolute atomic E-state index is 0.0267. The molecule has 4 saturated carbocycles. The summed E-state index contributed by atoms with van der Waals surface area (Å²) in [6.07, 6.45) is 3.87. The van der Waals surface area contributed by atoms with Gasteiger partial charge in [-0.3, -0.25) is 4.79 Å². The van der Waals surface area contributed by atoms with Crippen LogP contribution in [-0.4, -0.2) is 42.3 Å². The second-order valence-corrected chi connectivity index (χ2v) is 13.9. The van der Waals surface area contributed by atoms with Crippen LogP contribution in [-0.2, 0) is 48.1 Å². The molecule has 5 aliphatic rings. The summed E-state index contributed by atoms with van der Waals surface area (Å²) in [5.74, 6) is 1.70. The Hall–Kier alpha value is -3.54. The zero-order chi connectivity index (χ0) is 31.5. The molecule has 0 spiro atoms. The minimum Gasteiger partial charge on any atom is -0.456 e. The van der Waals surface area contributed by atoms with Gasteiger partial charge in [0.15, 0.2) is 12.4 Å². The van der Waals surface area contributed by atoms with E-state index in [4.69, 9.17) is 23.7 Å². The molecule has 46 heavy (non-hydrogen) atoms. The van der Waals surface area contributed by atoms with Gasteiger partial charge in [0.25, 0.3) is 0 Å². The van der Waals surface area contributed by atoms with E-state index in [2.05, 4.69) is 6.07 Å². The summed E-state index contributed by atoms with van der Waals surface area (Å²) in [5, 5.41) is 9.57. The van der Waals surface area contributed by atoms with Crippen molar-refractivity contribution in [2.45, 2.75) is 101 Å². The van der Waals surface area contributed by atoms with Crippen molar-refractivity contribution in [3.8, 4) is 6.07 Å². The minimum atomic E-state index is -0.748. The van der Waals surface area contributed by atoms with Gasteiger partial charge in [-0.2, -0.15) is 5.26 Å². The Morgan fingerprint density at radius 1 is 0.783 bits per heavy atom. The van der Waals surface area contributed by atoms with Crippen molar-refractivity contribution in [1.82, 2.24) is 0 Å². The highest BCUT2D eigenvalue weighted by atomic mass is 16.7. The number of carbonyl (C=O) groups is 1. The zero-order valence-electron chi connectivity index (χ0n) is 26.5. The lowest BCUT2D eigenvalue weighted by atomic mass is 9.54. The Labute approximate surface area is 271 Å². The fourth-order valence-corrected chi connectivity index (χ4v) is 8.68. The molecule has 0 N–H and O–H groups in total. The number of ether oxygens (including phenoxy) is 5. The van der Waals surface area contributed by atoms with E-state index in [9.17, 15) is 10.1 Å². The fraction of sp³-hybridized carbons (Fsp3) is 0.487. The maximum absolute atomic E-state index is 13.5. The van der Waals surface area contributed by atoms with E-state index in [1.807, 2.05) is 73.7 Å². The SMILES string of the molecule is C[C@H]1O[C@@H](OC23CC4CC(CC(C4)C2)C3)[C@@H](OCc2ccccc2)[C@@H](OCc2ccccc2)[C@@H]1OC(=O)Cc1ccccc1C#N. The van der Waals surface area contributed by atoms with Crippen LogP contribution in [0.2, 0.25) is 0 Å². The Morgan fingerprint density at radius 3 is 1.91 bits per heavy atom. The van der Waals surface area contributed by atoms with Gasteiger partial charge in [-0.05, 0) is 86.0 Å². The van der Waals surface area contributed by atoms with Gasteiger partial charge >= 0.3 is 5.97 Å². The molecule has 5 atom stereocenters. The molecule has 0 radical (unpaired) electrons. The van der Waals surface area contributed by atoms with Crippen molar-refractivity contribution in [2.75, 3.05) is 0 Å². The molecule has 4 bridgehead atoms. The maximum Gasteiger partial charge on any atom is 0.310 e. The van der Waals surface area contributed by atoms with Crippen LogP contribution in [0, 0.1) is 29.1 Å². The third-order valence-corrected chi connectivity index (χ3v) is 10.4. The lowest BCUT2D eigenvalue weighted by molar-refractivity contribution is -0.350. The summed E-state index contributed by atoms with van der Waals surface area (Å²) in [6, 6.07) is 29.3. The number of benzene rings is 3. The molecule has 8 rings (SSSR count). The van der Waals surface area contributed by atoms with E-state index in [0.29, 0.717) is 42.1 Å². The first-order chi connectivity index (χ1) is 22.5. The maximum atomic E-state index is 13.5. The number of rotatable bonds is 11. The van der Waals surface area contributed by atoms with Crippen molar-refractivity contribution >= 4 is 5.97 Å². The molecule has 7 heteroatoms. The van der Waals surface area contributed by atoms with Gasteiger partial charge < -0.3 is 23.7 Å². The van der Waals surface area contributed by atoms with Crippen molar-refractivity contribution in [1.29, 1.82) is 5.26 Å².